The number of fused-ring (bicyclic) bond motifs is 3. The van der Waals surface area contributed by atoms with Gasteiger partial charge in [-0.1, -0.05) is 42.5 Å². The van der Waals surface area contributed by atoms with Gasteiger partial charge < -0.3 is 31.3 Å². The van der Waals surface area contributed by atoms with Crippen molar-refractivity contribution in [2.24, 2.45) is 17.6 Å². The molecule has 0 saturated carbocycles. The highest BCUT2D eigenvalue weighted by Crippen LogP contribution is 2.55. The maximum atomic E-state index is 13.6. The molecular weight excluding hydrogens is 494 g/mol. The van der Waals surface area contributed by atoms with Crippen molar-refractivity contribution in [2.45, 2.75) is 25.0 Å². The zero-order valence-electron chi connectivity index (χ0n) is 20.0. The number of phenolic OH excluding ortho intramolecular Hbond substituents is 1. The summed E-state index contributed by atoms with van der Waals surface area (Å²) in [7, 11) is 0. The van der Waals surface area contributed by atoms with Crippen molar-refractivity contribution in [3.05, 3.63) is 87.4 Å². The number of benzene rings is 2. The van der Waals surface area contributed by atoms with Gasteiger partial charge in [-0.15, -0.1) is 0 Å². The van der Waals surface area contributed by atoms with Gasteiger partial charge in [-0.3, -0.25) is 19.2 Å². The predicted octanol–water partition coefficient (Wildman–Crippen LogP) is 1.75. The van der Waals surface area contributed by atoms with Gasteiger partial charge in [0, 0.05) is 23.8 Å². The highest BCUT2D eigenvalue weighted by molar-refractivity contribution is 6.25. The molecule has 7 N–H and O–H groups in total. The molecule has 3 aliphatic rings. The number of hydrogen-bond acceptors (Lipinski definition) is 9. The first-order valence-electron chi connectivity index (χ1n) is 11.7. The molecule has 10 heteroatoms. The molecule has 0 radical (unpaired) electrons. The standard InChI is InChI=1S/C28H23NO9/c1-11(30)13-7-5-12(6-8-13)9-15-14-3-2-4-17(31)19(14)24(34)22-20(15)23(33)16-10-18(32)21(27(29)37)25(35)28(16,38)26(22)36/h2-9,16,20,23,31-33,36,38H,10H2,1H3,(H2,29,37)/b15-9+. The molecule has 0 aromatic heterocycles. The molecule has 0 spiro atoms. The van der Waals surface area contributed by atoms with E-state index >= 15 is 0 Å². The van der Waals surface area contributed by atoms with E-state index in [-0.39, 0.29) is 22.5 Å². The van der Waals surface area contributed by atoms with E-state index in [0.717, 1.165) is 0 Å². The molecule has 0 saturated heterocycles. The van der Waals surface area contributed by atoms with Crippen molar-refractivity contribution in [2.75, 3.05) is 0 Å². The van der Waals surface area contributed by atoms with Gasteiger partial charge in [0.05, 0.1) is 17.2 Å². The van der Waals surface area contributed by atoms with Gasteiger partial charge in [0.15, 0.2) is 17.2 Å². The first-order chi connectivity index (χ1) is 17.9. The van der Waals surface area contributed by atoms with E-state index in [1.165, 1.54) is 19.1 Å². The van der Waals surface area contributed by atoms with Crippen molar-refractivity contribution in [3.63, 3.8) is 0 Å². The van der Waals surface area contributed by atoms with Crippen molar-refractivity contribution < 1.29 is 44.7 Å². The highest BCUT2D eigenvalue weighted by atomic mass is 16.4. The second kappa shape index (κ2) is 8.51. The Bertz CT molecular complexity index is 1550. The molecule has 38 heavy (non-hydrogen) atoms. The van der Waals surface area contributed by atoms with Gasteiger partial charge >= 0.3 is 0 Å². The van der Waals surface area contributed by atoms with Gasteiger partial charge in [-0.05, 0) is 29.7 Å². The molecule has 2 aromatic carbocycles. The molecule has 0 fully saturated rings. The van der Waals surface area contributed by atoms with Crippen LogP contribution in [0.15, 0.2) is 65.1 Å². The van der Waals surface area contributed by atoms with E-state index < -0.39 is 75.8 Å². The second-order valence-corrected chi connectivity index (χ2v) is 9.63. The molecule has 3 aliphatic carbocycles. The SMILES string of the molecule is CC(=O)c1ccc(/C=C2\c3cccc(O)c3C(=O)C3=C(O)C4(O)C(=O)C(C(N)=O)=C(O)CC4C(O)C32)cc1. The number of rotatable bonds is 3. The number of ketones is 3. The maximum absolute atomic E-state index is 13.6. The summed E-state index contributed by atoms with van der Waals surface area (Å²) in [6.45, 7) is 1.41. The average Bonchev–Trinajstić information content (AvgIpc) is 2.86. The number of nitrogens with two attached hydrogens (primary N) is 1. The molecule has 194 valence electrons. The van der Waals surface area contributed by atoms with E-state index in [2.05, 4.69) is 0 Å². The highest BCUT2D eigenvalue weighted by Gasteiger charge is 2.63. The summed E-state index contributed by atoms with van der Waals surface area (Å²) in [5, 5.41) is 55.2. The fourth-order valence-electron chi connectivity index (χ4n) is 5.68. The Balaban J connectivity index is 1.79. The number of primary amides is 1. The molecule has 4 atom stereocenters. The quantitative estimate of drug-likeness (QED) is 0.260. The minimum absolute atomic E-state index is 0.148. The van der Waals surface area contributed by atoms with Gasteiger partial charge in [0.1, 0.15) is 22.8 Å². The van der Waals surface area contributed by atoms with E-state index in [4.69, 9.17) is 5.73 Å². The molecule has 1 amide bonds. The first kappa shape index (κ1) is 25.1. The van der Waals surface area contributed by atoms with E-state index in [1.807, 2.05) is 0 Å². The topological polar surface area (TPSA) is 195 Å². The number of phenols is 1. The van der Waals surface area contributed by atoms with Crippen LogP contribution < -0.4 is 5.73 Å². The largest absolute Gasteiger partial charge is 0.511 e. The Morgan fingerprint density at radius 3 is 2.32 bits per heavy atom. The van der Waals surface area contributed by atoms with Gasteiger partial charge in [-0.2, -0.15) is 0 Å². The molecule has 10 nitrogen and oxygen atoms in total. The van der Waals surface area contributed by atoms with E-state index in [0.29, 0.717) is 11.1 Å². The minimum atomic E-state index is -2.92. The van der Waals surface area contributed by atoms with Crippen LogP contribution >= 0.6 is 0 Å². The van der Waals surface area contributed by atoms with Gasteiger partial charge in [-0.25, -0.2) is 0 Å². The van der Waals surface area contributed by atoms with Gasteiger partial charge in [0.2, 0.25) is 5.78 Å². The van der Waals surface area contributed by atoms with Crippen LogP contribution in [0.5, 0.6) is 5.75 Å². The zero-order chi connectivity index (χ0) is 27.7. The maximum Gasteiger partial charge on any atom is 0.255 e. The Kier molecular flexibility index (Phi) is 5.62. The van der Waals surface area contributed by atoms with Crippen molar-refractivity contribution in [1.82, 2.24) is 0 Å². The van der Waals surface area contributed by atoms with Crippen LogP contribution in [-0.4, -0.2) is 60.5 Å². The lowest BCUT2D eigenvalue weighted by Crippen LogP contribution is -2.62. The Morgan fingerprint density at radius 1 is 1.05 bits per heavy atom. The monoisotopic (exact) mass is 517 g/mol. The van der Waals surface area contributed by atoms with Crippen molar-refractivity contribution in [1.29, 1.82) is 0 Å². The predicted molar refractivity (Wildman–Crippen MR) is 133 cm³/mol. The lowest BCUT2D eigenvalue weighted by Gasteiger charge is -2.49. The second-order valence-electron chi connectivity index (χ2n) is 9.63. The Hall–Kier alpha value is -4.54. The smallest absolute Gasteiger partial charge is 0.255 e. The number of allylic oxidation sites excluding steroid dienone is 1. The Morgan fingerprint density at radius 2 is 1.71 bits per heavy atom. The van der Waals surface area contributed by atoms with E-state index in [9.17, 15) is 44.7 Å². The van der Waals surface area contributed by atoms with Gasteiger partial charge in [0.25, 0.3) is 5.91 Å². The Labute approximate surface area is 215 Å². The summed E-state index contributed by atoms with van der Waals surface area (Å²) in [4.78, 5) is 50.3. The fraction of sp³-hybridized carbons (Fsp3) is 0.214. The number of aromatic hydroxyl groups is 1. The van der Waals surface area contributed by atoms with Crippen LogP contribution in [0.3, 0.4) is 0 Å². The van der Waals surface area contributed by atoms with Crippen LogP contribution in [-0.2, 0) is 9.59 Å². The van der Waals surface area contributed by atoms with Crippen LogP contribution in [0.25, 0.3) is 11.6 Å². The number of amides is 1. The van der Waals surface area contributed by atoms with E-state index in [1.54, 1.807) is 36.4 Å². The summed E-state index contributed by atoms with van der Waals surface area (Å²) in [5.41, 5.74) is 2.13. The molecule has 0 bridgehead atoms. The summed E-state index contributed by atoms with van der Waals surface area (Å²) in [5.74, 6) is -8.97. The summed E-state index contributed by atoms with van der Waals surface area (Å²) in [6, 6.07) is 10.7. The third-order valence-corrected chi connectivity index (χ3v) is 7.54. The zero-order valence-corrected chi connectivity index (χ0v) is 20.0. The minimum Gasteiger partial charge on any atom is -0.511 e. The van der Waals surface area contributed by atoms with Crippen LogP contribution in [0.4, 0.5) is 0 Å². The number of aliphatic hydroxyl groups is 4. The van der Waals surface area contributed by atoms with Crippen LogP contribution in [0.2, 0.25) is 0 Å². The number of aliphatic hydroxyl groups excluding tert-OH is 3. The van der Waals surface area contributed by atoms with Crippen LogP contribution in [0.1, 0.15) is 45.2 Å². The fourth-order valence-corrected chi connectivity index (χ4v) is 5.68. The molecular formula is C28H23NO9. The summed E-state index contributed by atoms with van der Waals surface area (Å²) < 4.78 is 0. The molecule has 2 aromatic rings. The number of Topliss-reactive ketones (excluding diaryl/α,β-unsaturated/α-hetero) is 3. The lowest BCUT2D eigenvalue weighted by atomic mass is 9.57. The van der Waals surface area contributed by atoms with Crippen molar-refractivity contribution in [3.8, 4) is 5.75 Å². The number of carbonyl (C=O) groups excluding carboxylic acids is 4. The molecule has 5 rings (SSSR count). The molecule has 0 heterocycles. The lowest BCUT2D eigenvalue weighted by molar-refractivity contribution is -0.152. The van der Waals surface area contributed by atoms with Crippen molar-refractivity contribution >= 4 is 34.9 Å². The van der Waals surface area contributed by atoms with Crippen LogP contribution in [0, 0.1) is 11.8 Å². The third kappa shape index (κ3) is 3.34. The average molecular weight is 517 g/mol. The first-order valence-corrected chi connectivity index (χ1v) is 11.7. The molecule has 4 unspecified atom stereocenters. The summed E-state index contributed by atoms with van der Waals surface area (Å²) in [6.07, 6.45) is -0.694. The molecule has 0 aliphatic heterocycles. The summed E-state index contributed by atoms with van der Waals surface area (Å²) >= 11 is 0. The third-order valence-electron chi connectivity index (χ3n) is 7.54. The number of hydrogen-bond donors (Lipinski definition) is 6. The number of carbonyl (C=O) groups is 4. The normalized spacial score (nSPS) is 27.7.